The van der Waals surface area contributed by atoms with Crippen LogP contribution in [0.3, 0.4) is 0 Å². The number of aromatic amines is 1. The standard InChI is InChI=1S/C18H17FN4O/c1-18(2)9-14-15(16-20-7-8-23(16)18)13(10-21-14)17(24)22-12-5-3-11(19)4-6-12/h3-8,10,21H,9H2,1-2H3,(H,22,24). The van der Waals surface area contributed by atoms with Gasteiger partial charge in [-0.3, -0.25) is 4.79 Å². The van der Waals surface area contributed by atoms with Gasteiger partial charge in [0.25, 0.3) is 5.91 Å². The Kier molecular flexibility index (Phi) is 3.09. The third kappa shape index (κ3) is 2.22. The van der Waals surface area contributed by atoms with Gasteiger partial charge in [-0.25, -0.2) is 9.37 Å². The molecule has 3 heterocycles. The van der Waals surface area contributed by atoms with Crippen molar-refractivity contribution in [2.45, 2.75) is 25.8 Å². The number of hydrogen-bond acceptors (Lipinski definition) is 2. The molecule has 122 valence electrons. The van der Waals surface area contributed by atoms with Gasteiger partial charge in [0.2, 0.25) is 0 Å². The number of halogens is 1. The zero-order chi connectivity index (χ0) is 16.9. The van der Waals surface area contributed by atoms with Crippen LogP contribution in [0.1, 0.15) is 29.9 Å². The summed E-state index contributed by atoms with van der Waals surface area (Å²) in [6.07, 6.45) is 6.19. The average Bonchev–Trinajstić information content (AvgIpc) is 3.15. The summed E-state index contributed by atoms with van der Waals surface area (Å²) in [6.45, 7) is 4.28. The van der Waals surface area contributed by atoms with Crippen LogP contribution in [0.4, 0.5) is 10.1 Å². The Balaban J connectivity index is 1.72. The molecule has 0 bridgehead atoms. The number of imidazole rings is 1. The smallest absolute Gasteiger partial charge is 0.257 e. The maximum atomic E-state index is 13.0. The molecule has 0 fully saturated rings. The molecule has 2 aromatic heterocycles. The van der Waals surface area contributed by atoms with Crippen molar-refractivity contribution in [2.75, 3.05) is 5.32 Å². The van der Waals surface area contributed by atoms with E-state index in [0.717, 1.165) is 23.5 Å². The second-order valence-corrected chi connectivity index (χ2v) is 6.63. The number of rotatable bonds is 2. The lowest BCUT2D eigenvalue weighted by Gasteiger charge is -2.32. The molecule has 6 heteroatoms. The number of carbonyl (C=O) groups is 1. The highest BCUT2D eigenvalue weighted by molar-refractivity contribution is 6.08. The van der Waals surface area contributed by atoms with Crippen molar-refractivity contribution in [3.05, 3.63) is 59.9 Å². The third-order valence-corrected chi connectivity index (χ3v) is 4.43. The van der Waals surface area contributed by atoms with E-state index in [0.29, 0.717) is 11.3 Å². The number of amides is 1. The number of nitrogens with one attached hydrogen (secondary N) is 2. The van der Waals surface area contributed by atoms with E-state index in [-0.39, 0.29) is 17.3 Å². The normalized spacial score (nSPS) is 14.8. The lowest BCUT2D eigenvalue weighted by atomic mass is 9.90. The highest BCUT2D eigenvalue weighted by atomic mass is 19.1. The predicted octanol–water partition coefficient (Wildman–Crippen LogP) is 3.56. The first kappa shape index (κ1) is 14.7. The van der Waals surface area contributed by atoms with Crippen LogP contribution in [0.25, 0.3) is 11.4 Å². The molecule has 5 nitrogen and oxygen atoms in total. The van der Waals surface area contributed by atoms with Gasteiger partial charge >= 0.3 is 0 Å². The number of benzene rings is 1. The summed E-state index contributed by atoms with van der Waals surface area (Å²) in [5.74, 6) is 0.205. The highest BCUT2D eigenvalue weighted by Gasteiger charge is 2.34. The van der Waals surface area contributed by atoms with Gasteiger partial charge in [-0.2, -0.15) is 0 Å². The van der Waals surface area contributed by atoms with Crippen LogP contribution < -0.4 is 5.32 Å². The minimum Gasteiger partial charge on any atom is -0.364 e. The van der Waals surface area contributed by atoms with E-state index in [1.54, 1.807) is 12.4 Å². The van der Waals surface area contributed by atoms with Crippen molar-refractivity contribution in [2.24, 2.45) is 0 Å². The number of fused-ring (bicyclic) bond motifs is 3. The SMILES string of the molecule is CC1(C)Cc2[nH]cc(C(=O)Nc3ccc(F)cc3)c2-c2nccn21. The van der Waals surface area contributed by atoms with Crippen LogP contribution in [0.5, 0.6) is 0 Å². The molecule has 1 aliphatic rings. The monoisotopic (exact) mass is 324 g/mol. The van der Waals surface area contributed by atoms with Gasteiger partial charge in [0.15, 0.2) is 0 Å². The van der Waals surface area contributed by atoms with Gasteiger partial charge in [0, 0.05) is 41.9 Å². The van der Waals surface area contributed by atoms with Gasteiger partial charge in [-0.1, -0.05) is 0 Å². The van der Waals surface area contributed by atoms with E-state index in [1.807, 2.05) is 6.20 Å². The van der Waals surface area contributed by atoms with Crippen LogP contribution in [0, 0.1) is 5.82 Å². The van der Waals surface area contributed by atoms with Crippen LogP contribution in [0.15, 0.2) is 42.9 Å². The summed E-state index contributed by atoms with van der Waals surface area (Å²) in [5, 5.41) is 2.80. The maximum absolute atomic E-state index is 13.0. The maximum Gasteiger partial charge on any atom is 0.257 e. The lowest BCUT2D eigenvalue weighted by molar-refractivity contribution is 0.102. The molecule has 0 saturated heterocycles. The minimum atomic E-state index is -0.337. The fourth-order valence-corrected chi connectivity index (χ4v) is 3.27. The Morgan fingerprint density at radius 3 is 2.83 bits per heavy atom. The van der Waals surface area contributed by atoms with Crippen molar-refractivity contribution in [3.63, 3.8) is 0 Å². The van der Waals surface area contributed by atoms with E-state index >= 15 is 0 Å². The molecular formula is C18H17FN4O. The molecule has 0 atom stereocenters. The van der Waals surface area contributed by atoms with Crippen molar-refractivity contribution in [1.29, 1.82) is 0 Å². The van der Waals surface area contributed by atoms with Gasteiger partial charge in [0.1, 0.15) is 11.6 Å². The number of aromatic nitrogens is 3. The third-order valence-electron chi connectivity index (χ3n) is 4.43. The van der Waals surface area contributed by atoms with E-state index in [2.05, 4.69) is 33.7 Å². The second-order valence-electron chi connectivity index (χ2n) is 6.63. The summed E-state index contributed by atoms with van der Waals surface area (Å²) in [4.78, 5) is 20.3. The lowest BCUT2D eigenvalue weighted by Crippen LogP contribution is -2.33. The summed E-state index contributed by atoms with van der Waals surface area (Å²) in [6, 6.07) is 5.71. The molecule has 0 saturated carbocycles. The molecule has 4 rings (SSSR count). The summed E-state index contributed by atoms with van der Waals surface area (Å²) in [5.41, 5.74) is 2.82. The van der Waals surface area contributed by atoms with E-state index in [1.165, 1.54) is 24.3 Å². The number of nitrogens with zero attached hydrogens (tertiary/aromatic N) is 2. The Labute approximate surface area is 138 Å². The Bertz CT molecular complexity index is 921. The molecule has 3 aromatic rings. The first-order valence-electron chi connectivity index (χ1n) is 7.77. The Hall–Kier alpha value is -2.89. The molecule has 1 aliphatic heterocycles. The number of anilines is 1. The summed E-state index contributed by atoms with van der Waals surface area (Å²) < 4.78 is 15.1. The van der Waals surface area contributed by atoms with Crippen molar-refractivity contribution in [3.8, 4) is 11.4 Å². The first-order valence-corrected chi connectivity index (χ1v) is 7.77. The van der Waals surface area contributed by atoms with Crippen LogP contribution >= 0.6 is 0 Å². The van der Waals surface area contributed by atoms with Gasteiger partial charge < -0.3 is 14.9 Å². The van der Waals surface area contributed by atoms with E-state index < -0.39 is 0 Å². The molecule has 0 radical (unpaired) electrons. The zero-order valence-electron chi connectivity index (χ0n) is 13.4. The number of carbonyl (C=O) groups excluding carboxylic acids is 1. The van der Waals surface area contributed by atoms with Gasteiger partial charge in [-0.15, -0.1) is 0 Å². The topological polar surface area (TPSA) is 62.7 Å². The fourth-order valence-electron chi connectivity index (χ4n) is 3.27. The second kappa shape index (κ2) is 5.06. The summed E-state index contributed by atoms with van der Waals surface area (Å²) in [7, 11) is 0. The molecular weight excluding hydrogens is 307 g/mol. The molecule has 24 heavy (non-hydrogen) atoms. The van der Waals surface area contributed by atoms with E-state index in [4.69, 9.17) is 0 Å². The van der Waals surface area contributed by atoms with Crippen LogP contribution in [-0.4, -0.2) is 20.4 Å². The van der Waals surface area contributed by atoms with Crippen LogP contribution in [0.2, 0.25) is 0 Å². The predicted molar refractivity (Wildman–Crippen MR) is 89.4 cm³/mol. The Morgan fingerprint density at radius 1 is 1.33 bits per heavy atom. The molecule has 1 amide bonds. The largest absolute Gasteiger partial charge is 0.364 e. The molecule has 0 aliphatic carbocycles. The zero-order valence-corrected chi connectivity index (χ0v) is 13.4. The Morgan fingerprint density at radius 2 is 2.08 bits per heavy atom. The van der Waals surface area contributed by atoms with E-state index in [9.17, 15) is 9.18 Å². The first-order chi connectivity index (χ1) is 11.5. The van der Waals surface area contributed by atoms with Gasteiger partial charge in [-0.05, 0) is 38.1 Å². The summed E-state index contributed by atoms with van der Waals surface area (Å²) >= 11 is 0. The molecule has 0 unspecified atom stereocenters. The quantitative estimate of drug-likeness (QED) is 0.757. The molecule has 2 N–H and O–H groups in total. The van der Waals surface area contributed by atoms with Crippen LogP contribution in [-0.2, 0) is 12.0 Å². The molecule has 0 spiro atoms. The highest BCUT2D eigenvalue weighted by Crippen LogP contribution is 2.38. The molecule has 1 aromatic carbocycles. The van der Waals surface area contributed by atoms with Crippen molar-refractivity contribution >= 4 is 11.6 Å². The van der Waals surface area contributed by atoms with Crippen molar-refractivity contribution in [1.82, 2.24) is 14.5 Å². The van der Waals surface area contributed by atoms with Gasteiger partial charge in [0.05, 0.1) is 11.1 Å². The fraction of sp³-hybridized carbons (Fsp3) is 0.222. The minimum absolute atomic E-state index is 0.103. The average molecular weight is 324 g/mol. The van der Waals surface area contributed by atoms with Crippen molar-refractivity contribution < 1.29 is 9.18 Å². The number of H-pyrrole nitrogens is 1. The number of hydrogen-bond donors (Lipinski definition) is 2.